The molecule has 17 nitrogen and oxygen atoms in total. The van der Waals surface area contributed by atoms with Crippen LogP contribution in [-0.4, -0.2) is 143 Å². The van der Waals surface area contributed by atoms with Crippen molar-refractivity contribution in [3.63, 3.8) is 0 Å². The third-order valence-corrected chi connectivity index (χ3v) is 7.68. The average Bonchev–Trinajstić information content (AvgIpc) is 2.93. The van der Waals surface area contributed by atoms with E-state index in [9.17, 15) is 35.1 Å². The Hall–Kier alpha value is -1.58. The average molecular weight is 595 g/mol. The highest BCUT2D eigenvalue weighted by Crippen LogP contribution is 2.31. The molecule has 41 heavy (non-hydrogen) atoms. The van der Waals surface area contributed by atoms with Crippen LogP contribution in [0.3, 0.4) is 0 Å². The lowest BCUT2D eigenvalue weighted by atomic mass is 9.83. The van der Waals surface area contributed by atoms with Crippen molar-refractivity contribution in [3.05, 3.63) is 0 Å². The van der Waals surface area contributed by atoms with Crippen LogP contribution in [-0.2, 0) is 28.5 Å². The highest BCUT2D eigenvalue weighted by atomic mass is 16.7. The quantitative estimate of drug-likeness (QED) is 0.106. The Morgan fingerprint density at radius 1 is 0.976 bits per heavy atom. The number of amides is 2. The van der Waals surface area contributed by atoms with Crippen LogP contribution in [0.25, 0.3) is 0 Å². The highest BCUT2D eigenvalue weighted by Gasteiger charge is 2.51. The van der Waals surface area contributed by atoms with Crippen molar-refractivity contribution in [2.75, 3.05) is 19.7 Å². The summed E-state index contributed by atoms with van der Waals surface area (Å²) in [5.41, 5.74) is 23.9. The van der Waals surface area contributed by atoms with Crippen LogP contribution in [0.1, 0.15) is 32.6 Å². The molecular formula is C24H46N6O11. The molecule has 0 unspecified atom stereocenters. The van der Waals surface area contributed by atoms with Gasteiger partial charge < -0.3 is 78.0 Å². The monoisotopic (exact) mass is 594 g/mol. The second kappa shape index (κ2) is 15.2. The number of carbonyl (C=O) groups is 2. The Kier molecular flexibility index (Phi) is 12.6. The normalized spacial score (nSPS) is 42.3. The summed E-state index contributed by atoms with van der Waals surface area (Å²) in [5, 5.41) is 57.3. The van der Waals surface area contributed by atoms with Crippen molar-refractivity contribution in [1.82, 2.24) is 10.6 Å². The van der Waals surface area contributed by atoms with Gasteiger partial charge in [0.05, 0.1) is 30.8 Å². The molecule has 17 heteroatoms. The molecule has 1 aliphatic carbocycles. The van der Waals surface area contributed by atoms with Crippen LogP contribution in [0.15, 0.2) is 0 Å². The smallest absolute Gasteiger partial charge is 0.249 e. The molecule has 15 N–H and O–H groups in total. The van der Waals surface area contributed by atoms with Crippen LogP contribution in [0.4, 0.5) is 0 Å². The number of aliphatic hydroxyl groups is 5. The third-order valence-electron chi connectivity index (χ3n) is 7.68. The van der Waals surface area contributed by atoms with Gasteiger partial charge in [0, 0.05) is 19.5 Å². The number of nitrogens with two attached hydrogens (primary N) is 4. The van der Waals surface area contributed by atoms with Gasteiger partial charge in [0.15, 0.2) is 12.6 Å². The zero-order chi connectivity index (χ0) is 30.4. The van der Waals surface area contributed by atoms with Gasteiger partial charge in [-0.15, -0.1) is 0 Å². The first kappa shape index (κ1) is 33.9. The van der Waals surface area contributed by atoms with Gasteiger partial charge in [-0.3, -0.25) is 9.59 Å². The fourth-order valence-electron chi connectivity index (χ4n) is 5.26. The molecule has 0 spiro atoms. The number of hydrogen-bond donors (Lipinski definition) is 11. The van der Waals surface area contributed by atoms with Crippen LogP contribution in [0.5, 0.6) is 0 Å². The van der Waals surface area contributed by atoms with E-state index in [4.69, 9.17) is 41.9 Å². The first-order valence-electron chi connectivity index (χ1n) is 13.8. The van der Waals surface area contributed by atoms with Gasteiger partial charge in [0.2, 0.25) is 11.8 Å². The zero-order valence-electron chi connectivity index (χ0n) is 23.0. The summed E-state index contributed by atoms with van der Waals surface area (Å²) >= 11 is 0. The molecule has 0 radical (unpaired) electrons. The minimum atomic E-state index is -1.57. The van der Waals surface area contributed by atoms with Gasteiger partial charge in [-0.2, -0.15) is 0 Å². The van der Waals surface area contributed by atoms with E-state index in [1.165, 1.54) is 6.92 Å². The van der Waals surface area contributed by atoms with Gasteiger partial charge in [0.25, 0.3) is 0 Å². The lowest BCUT2D eigenvalue weighted by Crippen LogP contribution is -2.69. The predicted octanol–water partition coefficient (Wildman–Crippen LogP) is -6.22. The third kappa shape index (κ3) is 8.50. The SMILES string of the molecule is CC(=O)NC[C@@H]1CC[C@@H](N)[C@@H](O[C@H]2[C@H](O)[C@@H](O[C@H]3O[C@H](CO)[C@@H](O)[C@H](N)[C@H]3O)[C@H](NC(=O)[C@@H](O)CCN)C[C@@H]2N)O1. The second-order valence-electron chi connectivity index (χ2n) is 10.9. The van der Waals surface area contributed by atoms with Crippen molar-refractivity contribution < 1.29 is 54.1 Å². The molecule has 0 aromatic carbocycles. The molecule has 3 aliphatic rings. The van der Waals surface area contributed by atoms with E-state index < -0.39 is 98.1 Å². The Bertz CT molecular complexity index is 859. The number of aliphatic hydroxyl groups excluding tert-OH is 5. The summed E-state index contributed by atoms with van der Waals surface area (Å²) in [6.45, 7) is 1.04. The van der Waals surface area contributed by atoms with E-state index in [0.717, 1.165) is 0 Å². The fourth-order valence-corrected chi connectivity index (χ4v) is 5.26. The molecular weight excluding hydrogens is 548 g/mol. The van der Waals surface area contributed by atoms with Gasteiger partial charge >= 0.3 is 0 Å². The van der Waals surface area contributed by atoms with E-state index >= 15 is 0 Å². The maximum Gasteiger partial charge on any atom is 0.249 e. The Balaban J connectivity index is 1.80. The van der Waals surface area contributed by atoms with Crippen molar-refractivity contribution in [2.24, 2.45) is 22.9 Å². The van der Waals surface area contributed by atoms with Gasteiger partial charge in [-0.05, 0) is 32.2 Å². The lowest BCUT2D eigenvalue weighted by molar-refractivity contribution is -0.314. The molecule has 2 heterocycles. The molecule has 2 saturated heterocycles. The zero-order valence-corrected chi connectivity index (χ0v) is 23.0. The first-order chi connectivity index (χ1) is 19.4. The molecule has 2 amide bonds. The van der Waals surface area contributed by atoms with Crippen molar-refractivity contribution in [1.29, 1.82) is 0 Å². The van der Waals surface area contributed by atoms with E-state index in [2.05, 4.69) is 10.6 Å². The number of rotatable bonds is 11. The Morgan fingerprint density at radius 3 is 2.29 bits per heavy atom. The number of nitrogens with one attached hydrogen (secondary N) is 2. The van der Waals surface area contributed by atoms with Crippen molar-refractivity contribution in [3.8, 4) is 0 Å². The second-order valence-corrected chi connectivity index (χ2v) is 10.9. The summed E-state index contributed by atoms with van der Waals surface area (Å²) in [6.07, 6.45) is -11.5. The van der Waals surface area contributed by atoms with E-state index in [1.54, 1.807) is 0 Å². The molecule has 0 aromatic heterocycles. The number of hydrogen-bond acceptors (Lipinski definition) is 15. The number of carbonyl (C=O) groups excluding carboxylic acids is 2. The fraction of sp³-hybridized carbons (Fsp3) is 0.917. The van der Waals surface area contributed by atoms with Gasteiger partial charge in [-0.25, -0.2) is 0 Å². The first-order valence-corrected chi connectivity index (χ1v) is 13.8. The minimum Gasteiger partial charge on any atom is -0.394 e. The van der Waals surface area contributed by atoms with Crippen LogP contribution < -0.4 is 33.6 Å². The van der Waals surface area contributed by atoms with Gasteiger partial charge in [-0.1, -0.05) is 0 Å². The summed E-state index contributed by atoms with van der Waals surface area (Å²) in [5.74, 6) is -1.00. The van der Waals surface area contributed by atoms with E-state index in [-0.39, 0.29) is 31.8 Å². The highest BCUT2D eigenvalue weighted by molar-refractivity contribution is 5.80. The van der Waals surface area contributed by atoms with Crippen LogP contribution in [0, 0.1) is 0 Å². The minimum absolute atomic E-state index is 0.00825. The number of ether oxygens (including phenoxy) is 4. The summed E-state index contributed by atoms with van der Waals surface area (Å²) in [6, 6.07) is -3.70. The largest absolute Gasteiger partial charge is 0.394 e. The molecule has 1 saturated carbocycles. The lowest BCUT2D eigenvalue weighted by Gasteiger charge is -2.48. The topological polar surface area (TPSA) is 300 Å². The van der Waals surface area contributed by atoms with Crippen molar-refractivity contribution in [2.45, 2.75) is 118 Å². The molecule has 238 valence electrons. The summed E-state index contributed by atoms with van der Waals surface area (Å²) in [7, 11) is 0. The molecule has 2 aliphatic heterocycles. The predicted molar refractivity (Wildman–Crippen MR) is 140 cm³/mol. The van der Waals surface area contributed by atoms with E-state index in [0.29, 0.717) is 12.8 Å². The molecule has 0 aromatic rings. The standard InChI is InChI=1S/C24H46N6O11/c1-9(32)29-7-10-2-3-11(26)23(38-10)40-20-12(27)6-13(30-22(37)14(33)4-5-25)21(19(20)36)41-24-18(35)16(28)17(34)15(8-31)39-24/h10-21,23-24,31,33-36H,2-8,25-28H2,1H3,(H,29,32)(H,30,37)/t10-,11+,12-,13+,14-,15+,16-,17+,18+,19-,20+,21-,23+,24+/m0/s1. The molecule has 14 atom stereocenters. The maximum absolute atomic E-state index is 12.6. The van der Waals surface area contributed by atoms with E-state index in [1.807, 2.05) is 0 Å². The van der Waals surface area contributed by atoms with Crippen LogP contribution in [0.2, 0.25) is 0 Å². The summed E-state index contributed by atoms with van der Waals surface area (Å²) < 4.78 is 23.5. The molecule has 3 fully saturated rings. The summed E-state index contributed by atoms with van der Waals surface area (Å²) in [4.78, 5) is 24.0. The molecule has 3 rings (SSSR count). The molecule has 0 bridgehead atoms. The van der Waals surface area contributed by atoms with Crippen LogP contribution >= 0.6 is 0 Å². The Morgan fingerprint density at radius 2 is 1.66 bits per heavy atom. The Labute approximate surface area is 237 Å². The van der Waals surface area contributed by atoms with Gasteiger partial charge in [0.1, 0.15) is 42.7 Å². The maximum atomic E-state index is 12.6. The van der Waals surface area contributed by atoms with Crippen molar-refractivity contribution >= 4 is 11.8 Å².